The molecule has 0 spiro atoms. The van der Waals surface area contributed by atoms with Crippen LogP contribution in [0.5, 0.6) is 5.75 Å². The summed E-state index contributed by atoms with van der Waals surface area (Å²) in [7, 11) is 0. The van der Waals surface area contributed by atoms with Crippen molar-refractivity contribution in [2.24, 2.45) is 11.5 Å². The molecule has 9 N–H and O–H groups in total. The fourth-order valence-corrected chi connectivity index (χ4v) is 4.36. The molecule has 1 aromatic carbocycles. The summed E-state index contributed by atoms with van der Waals surface area (Å²) in [6.45, 7) is 0.230. The molecule has 3 rings (SSSR count). The van der Waals surface area contributed by atoms with Crippen molar-refractivity contribution in [3.05, 3.63) is 48.0 Å². The molecule has 4 unspecified atom stereocenters. The first-order chi connectivity index (χ1) is 18.5. The predicted octanol–water partition coefficient (Wildman–Crippen LogP) is -1.46. The van der Waals surface area contributed by atoms with Gasteiger partial charge in [0.15, 0.2) is 0 Å². The Morgan fingerprint density at radius 1 is 1.08 bits per heavy atom. The third kappa shape index (κ3) is 8.26. The van der Waals surface area contributed by atoms with Crippen LogP contribution in [-0.2, 0) is 36.8 Å². The number of nitrogens with zero attached hydrogens (tertiary/aromatic N) is 2. The van der Waals surface area contributed by atoms with Crippen LogP contribution in [-0.4, -0.2) is 85.4 Å². The van der Waals surface area contributed by atoms with Crippen LogP contribution in [0.25, 0.3) is 0 Å². The van der Waals surface area contributed by atoms with Crippen molar-refractivity contribution in [1.29, 1.82) is 0 Å². The van der Waals surface area contributed by atoms with E-state index in [1.807, 2.05) is 0 Å². The van der Waals surface area contributed by atoms with E-state index in [0.717, 1.165) is 0 Å². The zero-order chi connectivity index (χ0) is 28.5. The maximum absolute atomic E-state index is 13.5. The molecule has 14 heteroatoms. The standard InChI is InChI=1S/C25H33N7O7/c26-17(7-8-21(27)34)22(35)30-18(10-14-3-5-16(33)6-4-14)23(36)31-19(11-15-12-28-13-29-15)24(37)32-9-1-2-20(32)25(38)39/h3-6,12-13,17-20,33H,1-2,7-11,26H2,(H2,27,34)(H,28,29)(H,30,35)(H,31,36)(H,38,39). The minimum Gasteiger partial charge on any atom is -0.508 e. The fraction of sp³-hybridized carbons (Fsp3) is 0.440. The molecule has 210 valence electrons. The Balaban J connectivity index is 1.82. The first-order valence-electron chi connectivity index (χ1n) is 12.5. The number of aromatic amines is 1. The van der Waals surface area contributed by atoms with Crippen LogP contribution < -0.4 is 22.1 Å². The van der Waals surface area contributed by atoms with E-state index in [1.54, 1.807) is 12.1 Å². The van der Waals surface area contributed by atoms with Gasteiger partial charge in [-0.15, -0.1) is 0 Å². The molecule has 4 amide bonds. The van der Waals surface area contributed by atoms with E-state index in [2.05, 4.69) is 20.6 Å². The number of rotatable bonds is 13. The second-order valence-electron chi connectivity index (χ2n) is 9.41. The number of hydrogen-bond acceptors (Lipinski definition) is 8. The molecule has 14 nitrogen and oxygen atoms in total. The number of imidazole rings is 1. The first kappa shape index (κ1) is 29.1. The van der Waals surface area contributed by atoms with Crippen molar-refractivity contribution in [3.8, 4) is 5.75 Å². The van der Waals surface area contributed by atoms with Gasteiger partial charge in [0.1, 0.15) is 23.9 Å². The Kier molecular flexibility index (Phi) is 9.98. The minimum atomic E-state index is -1.19. The lowest BCUT2D eigenvalue weighted by atomic mass is 10.0. The summed E-state index contributed by atoms with van der Waals surface area (Å²) in [5.41, 5.74) is 12.1. The molecule has 2 aromatic rings. The first-order valence-corrected chi connectivity index (χ1v) is 12.5. The van der Waals surface area contributed by atoms with Gasteiger partial charge in [-0.25, -0.2) is 9.78 Å². The average Bonchev–Trinajstić information content (AvgIpc) is 3.59. The average molecular weight is 544 g/mol. The molecule has 1 aromatic heterocycles. The smallest absolute Gasteiger partial charge is 0.326 e. The molecule has 0 radical (unpaired) electrons. The SMILES string of the molecule is NC(=O)CCC(N)C(=O)NC(Cc1ccc(O)cc1)C(=O)NC(Cc1cnc[nH]1)C(=O)N1CCCC1C(=O)O. The topological polar surface area (TPSA) is 234 Å². The van der Waals surface area contributed by atoms with E-state index in [-0.39, 0.29) is 38.0 Å². The number of carbonyl (C=O) groups is 5. The quantitative estimate of drug-likeness (QED) is 0.156. The van der Waals surface area contributed by atoms with Gasteiger partial charge in [-0.2, -0.15) is 0 Å². The Labute approximate surface area is 224 Å². The van der Waals surface area contributed by atoms with Crippen molar-refractivity contribution in [2.75, 3.05) is 6.54 Å². The number of benzene rings is 1. The van der Waals surface area contributed by atoms with Crippen LogP contribution in [0.3, 0.4) is 0 Å². The monoisotopic (exact) mass is 543 g/mol. The Morgan fingerprint density at radius 3 is 2.38 bits per heavy atom. The highest BCUT2D eigenvalue weighted by molar-refractivity contribution is 5.94. The number of nitrogens with two attached hydrogens (primary N) is 2. The molecule has 39 heavy (non-hydrogen) atoms. The van der Waals surface area contributed by atoms with Crippen LogP contribution in [0, 0.1) is 0 Å². The predicted molar refractivity (Wildman–Crippen MR) is 137 cm³/mol. The van der Waals surface area contributed by atoms with Gasteiger partial charge in [0.25, 0.3) is 0 Å². The number of primary amides is 1. The van der Waals surface area contributed by atoms with Crippen molar-refractivity contribution in [3.63, 3.8) is 0 Å². The molecule has 1 aliphatic heterocycles. The van der Waals surface area contributed by atoms with Crippen LogP contribution >= 0.6 is 0 Å². The Hall–Kier alpha value is -4.46. The van der Waals surface area contributed by atoms with E-state index < -0.39 is 53.8 Å². The number of carboxylic acids is 1. The summed E-state index contributed by atoms with van der Waals surface area (Å²) < 4.78 is 0. The summed E-state index contributed by atoms with van der Waals surface area (Å²) in [6, 6.07) is 1.54. The molecular weight excluding hydrogens is 510 g/mol. The number of phenolic OH excluding ortho intramolecular Hbond substituents is 1. The van der Waals surface area contributed by atoms with Crippen molar-refractivity contribution in [1.82, 2.24) is 25.5 Å². The van der Waals surface area contributed by atoms with E-state index in [1.165, 1.54) is 29.6 Å². The zero-order valence-electron chi connectivity index (χ0n) is 21.2. The van der Waals surface area contributed by atoms with Gasteiger partial charge in [-0.05, 0) is 37.0 Å². The number of phenols is 1. The summed E-state index contributed by atoms with van der Waals surface area (Å²) in [5, 5.41) is 24.4. The van der Waals surface area contributed by atoms with Crippen LogP contribution in [0.4, 0.5) is 0 Å². The van der Waals surface area contributed by atoms with Gasteiger partial charge in [0.2, 0.25) is 23.6 Å². The van der Waals surface area contributed by atoms with Crippen LogP contribution in [0.15, 0.2) is 36.8 Å². The lowest BCUT2D eigenvalue weighted by Crippen LogP contribution is -2.58. The molecule has 1 saturated heterocycles. The number of likely N-dealkylation sites (tertiary alicyclic amines) is 1. The highest BCUT2D eigenvalue weighted by Crippen LogP contribution is 2.20. The number of aliphatic carboxylic acids is 1. The molecule has 0 saturated carbocycles. The number of aromatic hydroxyl groups is 1. The van der Waals surface area contributed by atoms with Crippen molar-refractivity contribution in [2.45, 2.75) is 62.7 Å². The van der Waals surface area contributed by atoms with Gasteiger partial charge < -0.3 is 42.2 Å². The maximum atomic E-state index is 13.5. The van der Waals surface area contributed by atoms with Crippen LogP contribution in [0.2, 0.25) is 0 Å². The third-order valence-electron chi connectivity index (χ3n) is 6.46. The van der Waals surface area contributed by atoms with Gasteiger partial charge in [-0.1, -0.05) is 12.1 Å². The van der Waals surface area contributed by atoms with E-state index >= 15 is 0 Å². The van der Waals surface area contributed by atoms with Crippen LogP contribution in [0.1, 0.15) is 36.9 Å². The van der Waals surface area contributed by atoms with Gasteiger partial charge in [0.05, 0.1) is 12.4 Å². The number of hydrogen-bond donors (Lipinski definition) is 7. The third-order valence-corrected chi connectivity index (χ3v) is 6.46. The number of H-pyrrole nitrogens is 1. The lowest BCUT2D eigenvalue weighted by molar-refractivity contribution is -0.149. The van der Waals surface area contributed by atoms with Gasteiger partial charge in [0, 0.05) is 37.7 Å². The van der Waals surface area contributed by atoms with E-state index in [0.29, 0.717) is 24.1 Å². The number of carboxylic acid groups (broad SMARTS) is 1. The number of nitrogens with one attached hydrogen (secondary N) is 3. The Bertz CT molecular complexity index is 1170. The van der Waals surface area contributed by atoms with Gasteiger partial charge in [-0.3, -0.25) is 19.2 Å². The number of aromatic nitrogens is 2. The maximum Gasteiger partial charge on any atom is 0.326 e. The van der Waals surface area contributed by atoms with Crippen molar-refractivity contribution < 1.29 is 34.2 Å². The zero-order valence-corrected chi connectivity index (χ0v) is 21.2. The summed E-state index contributed by atoms with van der Waals surface area (Å²) in [4.78, 5) is 70.5. The minimum absolute atomic E-state index is 0.00537. The Morgan fingerprint density at radius 2 is 1.77 bits per heavy atom. The highest BCUT2D eigenvalue weighted by Gasteiger charge is 2.38. The molecule has 0 bridgehead atoms. The van der Waals surface area contributed by atoms with E-state index in [9.17, 15) is 34.2 Å². The summed E-state index contributed by atoms with van der Waals surface area (Å²) >= 11 is 0. The lowest BCUT2D eigenvalue weighted by Gasteiger charge is -2.29. The fourth-order valence-electron chi connectivity index (χ4n) is 4.36. The number of carbonyl (C=O) groups excluding carboxylic acids is 4. The molecule has 1 fully saturated rings. The summed E-state index contributed by atoms with van der Waals surface area (Å²) in [6.07, 6.45) is 3.56. The summed E-state index contributed by atoms with van der Waals surface area (Å²) in [5.74, 6) is -3.72. The van der Waals surface area contributed by atoms with Gasteiger partial charge >= 0.3 is 5.97 Å². The molecule has 4 atom stereocenters. The van der Waals surface area contributed by atoms with E-state index in [4.69, 9.17) is 11.5 Å². The normalized spacial score (nSPS) is 17.2. The highest BCUT2D eigenvalue weighted by atomic mass is 16.4. The van der Waals surface area contributed by atoms with Crippen molar-refractivity contribution >= 4 is 29.6 Å². The number of amides is 4. The molecular formula is C25H33N7O7. The molecule has 2 heterocycles. The molecule has 0 aliphatic carbocycles. The second-order valence-corrected chi connectivity index (χ2v) is 9.41. The second kappa shape index (κ2) is 13.4. The molecule has 1 aliphatic rings. The largest absolute Gasteiger partial charge is 0.508 e.